The van der Waals surface area contributed by atoms with Crippen molar-refractivity contribution in [3.63, 3.8) is 0 Å². The Morgan fingerprint density at radius 3 is 2.52 bits per heavy atom. The Morgan fingerprint density at radius 2 is 1.97 bits per heavy atom. The average Bonchev–Trinajstić information content (AvgIpc) is 3.49. The maximum atomic E-state index is 15.3. The molecule has 0 unspecified atom stereocenters. The lowest BCUT2D eigenvalue weighted by Crippen LogP contribution is -2.45. The van der Waals surface area contributed by atoms with Crippen molar-refractivity contribution >= 4 is 39.4 Å². The summed E-state index contributed by atoms with van der Waals surface area (Å²) in [6.45, 7) is 6.60. The van der Waals surface area contributed by atoms with Gasteiger partial charge in [0, 0.05) is 42.8 Å². The van der Waals surface area contributed by atoms with Gasteiger partial charge in [0.1, 0.15) is 5.82 Å². The topological polar surface area (TPSA) is 75.0 Å². The van der Waals surface area contributed by atoms with Crippen molar-refractivity contribution in [2.45, 2.75) is 18.9 Å². The zero-order valence-corrected chi connectivity index (χ0v) is 16.7. The van der Waals surface area contributed by atoms with Crippen molar-refractivity contribution in [2.75, 3.05) is 38.1 Å². The molecule has 154 valence electrons. The van der Waals surface area contributed by atoms with Crippen LogP contribution in [0.2, 0.25) is 0 Å². The second-order valence-electron chi connectivity index (χ2n) is 7.50. The van der Waals surface area contributed by atoms with Crippen LogP contribution in [0.5, 0.6) is 5.75 Å². The monoisotopic (exact) mass is 421 g/mol. The second-order valence-corrected chi connectivity index (χ2v) is 7.96. The third-order valence-corrected chi connectivity index (χ3v) is 5.63. The lowest BCUT2D eigenvalue weighted by molar-refractivity contribution is 0.143. The first kappa shape index (κ1) is 19.7. The van der Waals surface area contributed by atoms with Gasteiger partial charge in [0.25, 0.3) is 0 Å². The summed E-state index contributed by atoms with van der Waals surface area (Å²) in [6.07, 6.45) is 1.51. The summed E-state index contributed by atoms with van der Waals surface area (Å²) in [7, 11) is 2.00. The first-order valence-corrected chi connectivity index (χ1v) is 9.76. The highest BCUT2D eigenvalue weighted by Crippen LogP contribution is 2.43. The van der Waals surface area contributed by atoms with E-state index in [-0.39, 0.29) is 22.2 Å². The van der Waals surface area contributed by atoms with E-state index in [1.54, 1.807) is 4.57 Å². The number of anilines is 1. The van der Waals surface area contributed by atoms with E-state index in [2.05, 4.69) is 16.2 Å². The number of halogens is 2. The number of benzene rings is 1. The third-order valence-electron chi connectivity index (χ3n) is 5.44. The predicted molar refractivity (Wildman–Crippen MR) is 110 cm³/mol. The highest BCUT2D eigenvalue weighted by atomic mass is 35.5. The molecular weight excluding hydrogens is 401 g/mol. The van der Waals surface area contributed by atoms with Crippen molar-refractivity contribution < 1.29 is 19.0 Å². The van der Waals surface area contributed by atoms with E-state index in [9.17, 15) is 9.59 Å². The van der Waals surface area contributed by atoms with E-state index in [1.165, 1.54) is 6.20 Å². The largest absolute Gasteiger partial charge is 0.511 e. The molecule has 0 atom stereocenters. The molecule has 0 radical (unpaired) electrons. The SMILES string of the molecule is C=C(Cl)c1c(N2CCN(C)CC2)c(F)cc2c(=O)c(OC(=O)O)cn(C3CC3)c12. The molecule has 2 aromatic rings. The Balaban J connectivity index is 2.02. The molecule has 0 bridgehead atoms. The normalized spacial score (nSPS) is 17.6. The number of hydrogen-bond donors (Lipinski definition) is 1. The molecule has 2 aliphatic rings. The van der Waals surface area contributed by atoms with Crippen LogP contribution in [0, 0.1) is 5.82 Å². The number of likely N-dealkylation sites (N-methyl/N-ethyl adjacent to an activating group) is 1. The minimum atomic E-state index is -1.60. The van der Waals surface area contributed by atoms with Crippen molar-refractivity contribution in [1.82, 2.24) is 9.47 Å². The highest BCUT2D eigenvalue weighted by molar-refractivity contribution is 6.50. The molecule has 1 aliphatic carbocycles. The number of pyridine rings is 1. The van der Waals surface area contributed by atoms with Crippen LogP contribution < -0.4 is 15.1 Å². The number of aromatic nitrogens is 1. The van der Waals surface area contributed by atoms with Crippen molar-refractivity contribution in [3.05, 3.63) is 40.4 Å². The van der Waals surface area contributed by atoms with Gasteiger partial charge in [-0.25, -0.2) is 9.18 Å². The zero-order valence-electron chi connectivity index (χ0n) is 16.0. The summed E-state index contributed by atoms with van der Waals surface area (Å²) >= 11 is 6.34. The second kappa shape index (κ2) is 7.35. The average molecular weight is 422 g/mol. The van der Waals surface area contributed by atoms with Gasteiger partial charge < -0.3 is 24.2 Å². The molecule has 1 N–H and O–H groups in total. The highest BCUT2D eigenvalue weighted by Gasteiger charge is 2.31. The molecule has 0 spiro atoms. The Hall–Kier alpha value is -2.58. The number of carboxylic acid groups (broad SMARTS) is 1. The Kier molecular flexibility index (Phi) is 5.00. The Labute approximate surface area is 171 Å². The molecule has 1 saturated carbocycles. The molecule has 1 aromatic carbocycles. The van der Waals surface area contributed by atoms with Crippen molar-refractivity contribution in [1.29, 1.82) is 0 Å². The molecule has 1 aliphatic heterocycles. The fourth-order valence-corrected chi connectivity index (χ4v) is 4.04. The lowest BCUT2D eigenvalue weighted by Gasteiger charge is -2.35. The van der Waals surface area contributed by atoms with Crippen molar-refractivity contribution in [3.8, 4) is 5.75 Å². The summed E-state index contributed by atoms with van der Waals surface area (Å²) in [5, 5.41) is 9.11. The zero-order chi connectivity index (χ0) is 20.9. The molecule has 1 saturated heterocycles. The maximum Gasteiger partial charge on any atom is 0.511 e. The smallest absolute Gasteiger partial charge is 0.449 e. The van der Waals surface area contributed by atoms with Crippen LogP contribution in [0.3, 0.4) is 0 Å². The van der Waals surface area contributed by atoms with Gasteiger partial charge in [0.2, 0.25) is 5.43 Å². The fraction of sp³-hybridized carbons (Fsp3) is 0.400. The molecule has 7 nitrogen and oxygen atoms in total. The minimum absolute atomic E-state index is 0.0304. The Morgan fingerprint density at radius 1 is 1.31 bits per heavy atom. The quantitative estimate of drug-likeness (QED) is 0.762. The van der Waals surface area contributed by atoms with E-state index < -0.39 is 17.4 Å². The van der Waals surface area contributed by atoms with Gasteiger partial charge in [0.15, 0.2) is 5.75 Å². The lowest BCUT2D eigenvalue weighted by atomic mass is 10.0. The number of nitrogens with zero attached hydrogens (tertiary/aromatic N) is 3. The maximum absolute atomic E-state index is 15.3. The van der Waals surface area contributed by atoms with Gasteiger partial charge in [-0.15, -0.1) is 0 Å². The van der Waals surface area contributed by atoms with Crippen LogP contribution in [0.15, 0.2) is 23.6 Å². The number of ether oxygens (including phenoxy) is 1. The number of carbonyl (C=O) groups is 1. The minimum Gasteiger partial charge on any atom is -0.449 e. The fourth-order valence-electron chi connectivity index (χ4n) is 3.86. The van der Waals surface area contributed by atoms with Crippen LogP contribution in [0.4, 0.5) is 14.9 Å². The van der Waals surface area contributed by atoms with Gasteiger partial charge in [0.05, 0.1) is 22.8 Å². The van der Waals surface area contributed by atoms with E-state index in [1.807, 2.05) is 11.9 Å². The molecule has 9 heteroatoms. The van der Waals surface area contributed by atoms with Gasteiger partial charge in [-0.2, -0.15) is 0 Å². The van der Waals surface area contributed by atoms with E-state index >= 15 is 4.39 Å². The molecule has 4 rings (SSSR count). The molecule has 1 aromatic heterocycles. The first-order valence-electron chi connectivity index (χ1n) is 9.38. The van der Waals surface area contributed by atoms with E-state index in [0.29, 0.717) is 29.9 Å². The Bertz CT molecular complexity index is 1070. The number of fused-ring (bicyclic) bond motifs is 1. The van der Waals surface area contributed by atoms with Crippen LogP contribution in [-0.2, 0) is 0 Å². The number of rotatable bonds is 4. The van der Waals surface area contributed by atoms with Gasteiger partial charge in [-0.3, -0.25) is 4.79 Å². The number of piperazine rings is 1. The van der Waals surface area contributed by atoms with Gasteiger partial charge in [-0.05, 0) is 26.0 Å². The summed E-state index contributed by atoms with van der Waals surface area (Å²) in [4.78, 5) is 27.9. The van der Waals surface area contributed by atoms with Crippen LogP contribution >= 0.6 is 11.6 Å². The standard InChI is InChI=1S/C20H21ClFN3O4/c1-11(21)16-17-13(9-14(22)18(16)24-7-5-23(2)6-8-24)19(26)15(29-20(27)28)10-25(17)12-3-4-12/h9-10,12H,1,3-8H2,2H3,(H,27,28). The van der Waals surface area contributed by atoms with Crippen molar-refractivity contribution in [2.24, 2.45) is 0 Å². The van der Waals surface area contributed by atoms with Crippen LogP contribution in [0.25, 0.3) is 15.9 Å². The van der Waals surface area contributed by atoms with Crippen LogP contribution in [-0.4, -0.2) is 54.0 Å². The van der Waals surface area contributed by atoms with Crippen LogP contribution in [0.1, 0.15) is 24.4 Å². The number of hydrogen-bond acceptors (Lipinski definition) is 5. The summed E-state index contributed by atoms with van der Waals surface area (Å²) in [6, 6.07) is 1.22. The summed E-state index contributed by atoms with van der Waals surface area (Å²) in [5.74, 6) is -0.944. The molecule has 2 heterocycles. The van der Waals surface area contributed by atoms with E-state index in [4.69, 9.17) is 16.7 Å². The van der Waals surface area contributed by atoms with Gasteiger partial charge >= 0.3 is 6.16 Å². The van der Waals surface area contributed by atoms with E-state index in [0.717, 1.165) is 32.0 Å². The van der Waals surface area contributed by atoms with Gasteiger partial charge in [-0.1, -0.05) is 18.2 Å². The molecule has 2 fully saturated rings. The predicted octanol–water partition coefficient (Wildman–Crippen LogP) is 3.49. The third kappa shape index (κ3) is 3.58. The molecule has 0 amide bonds. The molecule has 29 heavy (non-hydrogen) atoms. The summed E-state index contributed by atoms with van der Waals surface area (Å²) < 4.78 is 21.7. The first-order chi connectivity index (χ1) is 13.8. The molecular formula is C20H21ClFN3O4. The summed E-state index contributed by atoms with van der Waals surface area (Å²) in [5.41, 5.74) is 0.469.